The molecule has 0 heteroatoms. The SMILES string of the molecule is CC(C)CCC[C@@H](C)C1CC[C@H]2[C@@H]3CC=C4CC(C)CC[C@]4(C)[C@H]3CCC12C. The lowest BCUT2D eigenvalue weighted by Gasteiger charge is -2.58. The third kappa shape index (κ3) is 3.43. The number of hydrogen-bond donors (Lipinski definition) is 0. The van der Waals surface area contributed by atoms with Crippen LogP contribution < -0.4 is 0 Å². The fraction of sp³-hybridized carbons (Fsp3) is 0.929. The second-order valence-electron chi connectivity index (χ2n) is 12.6. The molecule has 0 heterocycles. The average Bonchev–Trinajstić information content (AvgIpc) is 2.99. The summed E-state index contributed by atoms with van der Waals surface area (Å²) in [5, 5.41) is 0. The molecule has 160 valence electrons. The van der Waals surface area contributed by atoms with Gasteiger partial charge < -0.3 is 0 Å². The molecule has 4 aliphatic rings. The topological polar surface area (TPSA) is 0 Å². The molecule has 28 heavy (non-hydrogen) atoms. The Labute approximate surface area is 176 Å². The zero-order valence-corrected chi connectivity index (χ0v) is 19.9. The summed E-state index contributed by atoms with van der Waals surface area (Å²) in [6.07, 6.45) is 19.0. The van der Waals surface area contributed by atoms with Crippen molar-refractivity contribution in [2.75, 3.05) is 0 Å². The Morgan fingerprint density at radius 1 is 0.964 bits per heavy atom. The van der Waals surface area contributed by atoms with Crippen molar-refractivity contribution in [1.82, 2.24) is 0 Å². The van der Waals surface area contributed by atoms with E-state index < -0.39 is 0 Å². The van der Waals surface area contributed by atoms with Gasteiger partial charge >= 0.3 is 0 Å². The van der Waals surface area contributed by atoms with Crippen LogP contribution in [-0.4, -0.2) is 0 Å². The Morgan fingerprint density at radius 2 is 1.75 bits per heavy atom. The summed E-state index contributed by atoms with van der Waals surface area (Å²) >= 11 is 0. The molecule has 3 unspecified atom stereocenters. The first-order valence-electron chi connectivity index (χ1n) is 12.9. The van der Waals surface area contributed by atoms with Crippen molar-refractivity contribution in [2.45, 2.75) is 112 Å². The molecule has 0 radical (unpaired) electrons. The van der Waals surface area contributed by atoms with Crippen molar-refractivity contribution in [3.63, 3.8) is 0 Å². The van der Waals surface area contributed by atoms with Crippen LogP contribution in [0.2, 0.25) is 0 Å². The molecule has 4 rings (SSSR count). The zero-order chi connectivity index (χ0) is 20.1. The largest absolute Gasteiger partial charge is 0.0845 e. The van der Waals surface area contributed by atoms with E-state index in [9.17, 15) is 0 Å². The van der Waals surface area contributed by atoms with Crippen LogP contribution in [0.25, 0.3) is 0 Å². The lowest BCUT2D eigenvalue weighted by molar-refractivity contribution is -0.0523. The molecule has 0 saturated heterocycles. The minimum absolute atomic E-state index is 0.553. The molecule has 0 N–H and O–H groups in total. The Morgan fingerprint density at radius 3 is 2.50 bits per heavy atom. The summed E-state index contributed by atoms with van der Waals surface area (Å²) in [7, 11) is 0. The highest BCUT2D eigenvalue weighted by Crippen LogP contribution is 2.67. The van der Waals surface area contributed by atoms with Gasteiger partial charge in [0.25, 0.3) is 0 Å². The average molecular weight is 385 g/mol. The van der Waals surface area contributed by atoms with Crippen molar-refractivity contribution < 1.29 is 0 Å². The van der Waals surface area contributed by atoms with Gasteiger partial charge in [0.05, 0.1) is 0 Å². The monoisotopic (exact) mass is 384 g/mol. The lowest BCUT2D eigenvalue weighted by Crippen LogP contribution is -2.50. The van der Waals surface area contributed by atoms with Gasteiger partial charge in [0.15, 0.2) is 0 Å². The van der Waals surface area contributed by atoms with E-state index in [1.165, 1.54) is 70.6 Å². The summed E-state index contributed by atoms with van der Waals surface area (Å²) in [6, 6.07) is 0. The number of rotatable bonds is 5. The van der Waals surface area contributed by atoms with Gasteiger partial charge in [-0.1, -0.05) is 72.5 Å². The molecule has 0 bridgehead atoms. The molecule has 4 aliphatic carbocycles. The highest BCUT2D eigenvalue weighted by molar-refractivity contribution is 5.25. The Kier molecular flexibility index (Phi) is 5.83. The Bertz CT molecular complexity index is 585. The molecule has 0 nitrogen and oxygen atoms in total. The van der Waals surface area contributed by atoms with Gasteiger partial charge in [-0.3, -0.25) is 0 Å². The summed E-state index contributed by atoms with van der Waals surface area (Å²) in [5.74, 6) is 6.73. The molecule has 0 spiro atoms. The van der Waals surface area contributed by atoms with E-state index in [4.69, 9.17) is 0 Å². The summed E-state index contributed by atoms with van der Waals surface area (Å²) in [5.41, 5.74) is 3.06. The minimum Gasteiger partial charge on any atom is -0.0845 e. The van der Waals surface area contributed by atoms with Crippen LogP contribution in [0.4, 0.5) is 0 Å². The summed E-state index contributed by atoms with van der Waals surface area (Å²) in [6.45, 7) is 15.3. The van der Waals surface area contributed by atoms with Gasteiger partial charge in [-0.05, 0) is 104 Å². The van der Waals surface area contributed by atoms with Gasteiger partial charge in [0, 0.05) is 0 Å². The molecule has 3 saturated carbocycles. The van der Waals surface area contributed by atoms with E-state index in [0.717, 1.165) is 41.4 Å². The maximum Gasteiger partial charge on any atom is -0.00851 e. The fourth-order valence-corrected chi connectivity index (χ4v) is 8.87. The van der Waals surface area contributed by atoms with Gasteiger partial charge in [0.2, 0.25) is 0 Å². The van der Waals surface area contributed by atoms with Crippen molar-refractivity contribution in [3.8, 4) is 0 Å². The third-order valence-electron chi connectivity index (χ3n) is 10.6. The van der Waals surface area contributed by atoms with Gasteiger partial charge in [-0.25, -0.2) is 0 Å². The first-order valence-corrected chi connectivity index (χ1v) is 12.9. The predicted molar refractivity (Wildman–Crippen MR) is 122 cm³/mol. The normalized spacial score (nSPS) is 46.5. The van der Waals surface area contributed by atoms with E-state index in [1.807, 2.05) is 5.57 Å². The summed E-state index contributed by atoms with van der Waals surface area (Å²) in [4.78, 5) is 0. The molecule has 0 aromatic rings. The minimum atomic E-state index is 0.553. The fourth-order valence-electron chi connectivity index (χ4n) is 8.87. The molecular formula is C28H48. The van der Waals surface area contributed by atoms with Crippen LogP contribution in [0.1, 0.15) is 112 Å². The van der Waals surface area contributed by atoms with Crippen molar-refractivity contribution in [1.29, 1.82) is 0 Å². The van der Waals surface area contributed by atoms with E-state index in [2.05, 4.69) is 47.6 Å². The molecule has 3 fully saturated rings. The van der Waals surface area contributed by atoms with Gasteiger partial charge in [-0.2, -0.15) is 0 Å². The van der Waals surface area contributed by atoms with Crippen molar-refractivity contribution in [2.24, 2.45) is 52.3 Å². The number of fused-ring (bicyclic) bond motifs is 5. The summed E-state index contributed by atoms with van der Waals surface area (Å²) < 4.78 is 0. The van der Waals surface area contributed by atoms with Crippen molar-refractivity contribution in [3.05, 3.63) is 11.6 Å². The molecule has 0 aliphatic heterocycles. The molecule has 0 amide bonds. The van der Waals surface area contributed by atoms with E-state index >= 15 is 0 Å². The van der Waals surface area contributed by atoms with Gasteiger partial charge in [-0.15, -0.1) is 0 Å². The molecule has 8 atom stereocenters. The van der Waals surface area contributed by atoms with Crippen LogP contribution in [0.3, 0.4) is 0 Å². The van der Waals surface area contributed by atoms with Crippen molar-refractivity contribution >= 4 is 0 Å². The smallest absolute Gasteiger partial charge is 0.00851 e. The van der Waals surface area contributed by atoms with E-state index in [1.54, 1.807) is 0 Å². The lowest BCUT2D eigenvalue weighted by atomic mass is 9.46. The van der Waals surface area contributed by atoms with Gasteiger partial charge in [0.1, 0.15) is 0 Å². The predicted octanol–water partition coefficient (Wildman–Crippen LogP) is 8.66. The zero-order valence-electron chi connectivity index (χ0n) is 19.9. The molecule has 0 aromatic heterocycles. The molecule has 0 aromatic carbocycles. The van der Waals surface area contributed by atoms with E-state index in [0.29, 0.717) is 10.8 Å². The standard InChI is InChI=1S/C28H48/c1-19(2)8-7-9-21(4)24-12-13-25-23-11-10-22-18-20(3)14-16-27(22,5)26(23)15-17-28(24,25)6/h10,19-21,23-26H,7-9,11-18H2,1-6H3/t20?,21-,23+,24?,25+,26+,27+,28?/m1/s1. The van der Waals surface area contributed by atoms with Crippen LogP contribution in [0, 0.1) is 52.3 Å². The highest BCUT2D eigenvalue weighted by Gasteiger charge is 2.58. The number of hydrogen-bond acceptors (Lipinski definition) is 0. The van der Waals surface area contributed by atoms with Crippen LogP contribution in [-0.2, 0) is 0 Å². The van der Waals surface area contributed by atoms with Crippen LogP contribution >= 0.6 is 0 Å². The second-order valence-corrected chi connectivity index (χ2v) is 12.6. The first-order chi connectivity index (χ1) is 13.3. The van der Waals surface area contributed by atoms with Crippen LogP contribution in [0.5, 0.6) is 0 Å². The first kappa shape index (κ1) is 21.0. The maximum atomic E-state index is 2.75. The second kappa shape index (κ2) is 7.77. The number of allylic oxidation sites excluding steroid dienone is 2. The quantitative estimate of drug-likeness (QED) is 0.416. The molecular weight excluding hydrogens is 336 g/mol. The van der Waals surface area contributed by atoms with E-state index in [-0.39, 0.29) is 0 Å². The Hall–Kier alpha value is -0.260. The third-order valence-corrected chi connectivity index (χ3v) is 10.6. The highest BCUT2D eigenvalue weighted by atomic mass is 14.6. The maximum absolute atomic E-state index is 2.75. The van der Waals surface area contributed by atoms with Crippen LogP contribution in [0.15, 0.2) is 11.6 Å². The Balaban J connectivity index is 1.49.